The predicted molar refractivity (Wildman–Crippen MR) is 78.4 cm³/mol. The SMILES string of the molecule is C/C(C(N)=O)=C(C)\C(C)=C(/C)c1ccc2c(c1)OCO2. The molecular formula is C16H19NO3. The summed E-state index contributed by atoms with van der Waals surface area (Å²) in [5, 5.41) is 0. The molecule has 1 aliphatic heterocycles. The van der Waals surface area contributed by atoms with Gasteiger partial charge in [-0.15, -0.1) is 0 Å². The van der Waals surface area contributed by atoms with Crippen LogP contribution < -0.4 is 15.2 Å². The molecule has 0 aliphatic carbocycles. The minimum absolute atomic E-state index is 0.264. The van der Waals surface area contributed by atoms with E-state index in [9.17, 15) is 4.79 Å². The van der Waals surface area contributed by atoms with Gasteiger partial charge in [0.1, 0.15) is 0 Å². The number of fused-ring (bicyclic) bond motifs is 1. The summed E-state index contributed by atoms with van der Waals surface area (Å²) in [6, 6.07) is 5.84. The normalized spacial score (nSPS) is 15.6. The average Bonchev–Trinajstić information content (AvgIpc) is 2.91. The molecule has 0 spiro atoms. The van der Waals surface area contributed by atoms with Crippen molar-refractivity contribution < 1.29 is 14.3 Å². The third kappa shape index (κ3) is 2.54. The summed E-state index contributed by atoms with van der Waals surface area (Å²) >= 11 is 0. The van der Waals surface area contributed by atoms with E-state index in [1.165, 1.54) is 0 Å². The molecule has 1 heterocycles. The van der Waals surface area contributed by atoms with Crippen LogP contribution in [0.25, 0.3) is 5.57 Å². The van der Waals surface area contributed by atoms with Gasteiger partial charge in [0, 0.05) is 5.57 Å². The van der Waals surface area contributed by atoms with E-state index < -0.39 is 0 Å². The molecule has 1 aromatic rings. The summed E-state index contributed by atoms with van der Waals surface area (Å²) in [5.74, 6) is 1.13. The van der Waals surface area contributed by atoms with Gasteiger partial charge in [-0.2, -0.15) is 0 Å². The number of carbonyl (C=O) groups excluding carboxylic acids is 1. The van der Waals surface area contributed by atoms with Gasteiger partial charge >= 0.3 is 0 Å². The van der Waals surface area contributed by atoms with Crippen LogP contribution in [0.4, 0.5) is 0 Å². The number of primary amides is 1. The number of hydrogen-bond donors (Lipinski definition) is 1. The van der Waals surface area contributed by atoms with E-state index >= 15 is 0 Å². The van der Waals surface area contributed by atoms with Gasteiger partial charge in [0.15, 0.2) is 11.5 Å². The van der Waals surface area contributed by atoms with Crippen molar-refractivity contribution in [2.24, 2.45) is 5.73 Å². The maximum atomic E-state index is 11.3. The van der Waals surface area contributed by atoms with Crippen LogP contribution in [0.15, 0.2) is 34.9 Å². The number of allylic oxidation sites excluding steroid dienone is 3. The molecule has 0 atom stereocenters. The highest BCUT2D eigenvalue weighted by Gasteiger charge is 2.15. The Morgan fingerprint density at radius 2 is 1.65 bits per heavy atom. The van der Waals surface area contributed by atoms with E-state index in [2.05, 4.69) is 0 Å². The third-order valence-corrected chi connectivity index (χ3v) is 3.86. The van der Waals surface area contributed by atoms with Gasteiger partial charge in [-0.05, 0) is 62.1 Å². The molecule has 20 heavy (non-hydrogen) atoms. The van der Waals surface area contributed by atoms with Crippen molar-refractivity contribution in [2.45, 2.75) is 27.7 Å². The van der Waals surface area contributed by atoms with Crippen molar-refractivity contribution in [3.8, 4) is 11.5 Å². The van der Waals surface area contributed by atoms with Gasteiger partial charge in [0.05, 0.1) is 0 Å². The molecular weight excluding hydrogens is 254 g/mol. The Bertz CT molecular complexity index is 627. The van der Waals surface area contributed by atoms with E-state index in [0.717, 1.165) is 33.8 Å². The van der Waals surface area contributed by atoms with Crippen LogP contribution in [0.1, 0.15) is 33.3 Å². The Balaban J connectivity index is 2.44. The number of amides is 1. The highest BCUT2D eigenvalue weighted by Crippen LogP contribution is 2.35. The number of rotatable bonds is 3. The Morgan fingerprint density at radius 3 is 2.30 bits per heavy atom. The van der Waals surface area contributed by atoms with E-state index in [1.807, 2.05) is 39.0 Å². The Hall–Kier alpha value is -2.23. The van der Waals surface area contributed by atoms with Crippen LogP contribution in [0.5, 0.6) is 11.5 Å². The fourth-order valence-corrected chi connectivity index (χ4v) is 2.09. The van der Waals surface area contributed by atoms with E-state index in [-0.39, 0.29) is 12.7 Å². The first-order valence-corrected chi connectivity index (χ1v) is 6.47. The number of benzene rings is 1. The minimum Gasteiger partial charge on any atom is -0.454 e. The quantitative estimate of drug-likeness (QED) is 0.680. The smallest absolute Gasteiger partial charge is 0.244 e. The van der Waals surface area contributed by atoms with E-state index in [1.54, 1.807) is 6.92 Å². The molecule has 106 valence electrons. The molecule has 2 N–H and O–H groups in total. The maximum absolute atomic E-state index is 11.3. The molecule has 4 nitrogen and oxygen atoms in total. The molecule has 0 fully saturated rings. The fourth-order valence-electron chi connectivity index (χ4n) is 2.09. The van der Waals surface area contributed by atoms with E-state index in [0.29, 0.717) is 5.57 Å². The van der Waals surface area contributed by atoms with E-state index in [4.69, 9.17) is 15.2 Å². The minimum atomic E-state index is -0.389. The van der Waals surface area contributed by atoms with Crippen LogP contribution in [-0.4, -0.2) is 12.7 Å². The monoisotopic (exact) mass is 273 g/mol. The highest BCUT2D eigenvalue weighted by molar-refractivity contribution is 5.93. The molecule has 2 rings (SSSR count). The molecule has 0 saturated carbocycles. The molecule has 1 aromatic carbocycles. The lowest BCUT2D eigenvalue weighted by Crippen LogP contribution is -2.13. The molecule has 0 bridgehead atoms. The largest absolute Gasteiger partial charge is 0.454 e. The number of nitrogens with two attached hydrogens (primary N) is 1. The number of ether oxygens (including phenoxy) is 2. The lowest BCUT2D eigenvalue weighted by atomic mass is 9.95. The van der Waals surface area contributed by atoms with Crippen LogP contribution in [0.2, 0.25) is 0 Å². The van der Waals surface area contributed by atoms with Crippen molar-refractivity contribution in [1.82, 2.24) is 0 Å². The predicted octanol–water partition coefficient (Wildman–Crippen LogP) is 3.03. The van der Waals surface area contributed by atoms with Crippen LogP contribution in [-0.2, 0) is 4.79 Å². The second-order valence-electron chi connectivity index (χ2n) is 4.93. The summed E-state index contributed by atoms with van der Waals surface area (Å²) in [7, 11) is 0. The third-order valence-electron chi connectivity index (χ3n) is 3.86. The van der Waals surface area contributed by atoms with Crippen molar-refractivity contribution in [2.75, 3.05) is 6.79 Å². The van der Waals surface area contributed by atoms with Crippen LogP contribution in [0.3, 0.4) is 0 Å². The molecule has 0 unspecified atom stereocenters. The second kappa shape index (κ2) is 5.41. The van der Waals surface area contributed by atoms with Gasteiger partial charge in [-0.1, -0.05) is 6.07 Å². The fraction of sp³-hybridized carbons (Fsp3) is 0.312. The van der Waals surface area contributed by atoms with Gasteiger partial charge in [-0.3, -0.25) is 4.79 Å². The maximum Gasteiger partial charge on any atom is 0.244 e. The molecule has 0 radical (unpaired) electrons. The first-order chi connectivity index (χ1) is 9.41. The summed E-state index contributed by atoms with van der Waals surface area (Å²) in [6.45, 7) is 7.92. The zero-order valence-corrected chi connectivity index (χ0v) is 12.2. The highest BCUT2D eigenvalue weighted by atomic mass is 16.7. The van der Waals surface area contributed by atoms with Gasteiger partial charge < -0.3 is 15.2 Å². The zero-order valence-electron chi connectivity index (χ0n) is 12.2. The first-order valence-electron chi connectivity index (χ1n) is 6.47. The summed E-state index contributed by atoms with van der Waals surface area (Å²) in [6.07, 6.45) is 0. The lowest BCUT2D eigenvalue weighted by Gasteiger charge is -2.11. The molecule has 0 aromatic heterocycles. The van der Waals surface area contributed by atoms with Crippen molar-refractivity contribution in [1.29, 1.82) is 0 Å². The Morgan fingerprint density at radius 1 is 1.00 bits per heavy atom. The summed E-state index contributed by atoms with van der Waals surface area (Å²) in [4.78, 5) is 11.3. The Labute approximate surface area is 118 Å². The van der Waals surface area contributed by atoms with Crippen LogP contribution >= 0.6 is 0 Å². The zero-order chi connectivity index (χ0) is 14.9. The molecule has 4 heteroatoms. The first kappa shape index (κ1) is 14.2. The number of hydrogen-bond acceptors (Lipinski definition) is 3. The molecule has 1 aliphatic rings. The van der Waals surface area contributed by atoms with Crippen molar-refractivity contribution >= 4 is 11.5 Å². The van der Waals surface area contributed by atoms with Gasteiger partial charge in [0.25, 0.3) is 0 Å². The van der Waals surface area contributed by atoms with Crippen molar-refractivity contribution in [3.05, 3.63) is 40.5 Å². The van der Waals surface area contributed by atoms with Crippen LogP contribution in [0, 0.1) is 0 Å². The number of carbonyl (C=O) groups is 1. The summed E-state index contributed by atoms with van der Waals surface area (Å²) in [5.41, 5.74) is 10.00. The van der Waals surface area contributed by atoms with Gasteiger partial charge in [-0.25, -0.2) is 0 Å². The lowest BCUT2D eigenvalue weighted by molar-refractivity contribution is -0.114. The second-order valence-corrected chi connectivity index (χ2v) is 4.93. The molecule has 1 amide bonds. The topological polar surface area (TPSA) is 61.6 Å². The Kier molecular flexibility index (Phi) is 3.84. The standard InChI is InChI=1S/C16H19NO3/c1-9(10(2)12(4)16(17)18)11(3)13-5-6-14-15(7-13)20-8-19-14/h5-7H,8H2,1-4H3,(H2,17,18)/b11-9+,12-10+. The van der Waals surface area contributed by atoms with Crippen molar-refractivity contribution in [3.63, 3.8) is 0 Å². The summed E-state index contributed by atoms with van der Waals surface area (Å²) < 4.78 is 10.7. The van der Waals surface area contributed by atoms with Gasteiger partial charge in [0.2, 0.25) is 12.7 Å². The molecule has 0 saturated heterocycles. The average molecular weight is 273 g/mol.